The van der Waals surface area contributed by atoms with Crippen LogP contribution in [-0.2, 0) is 26.2 Å². The van der Waals surface area contributed by atoms with Crippen LogP contribution >= 0.6 is 11.6 Å². The Labute approximate surface area is 270 Å². The van der Waals surface area contributed by atoms with Crippen LogP contribution in [0.1, 0.15) is 39.2 Å². The molecule has 45 heavy (non-hydrogen) atoms. The zero-order valence-electron chi connectivity index (χ0n) is 25.6. The number of hydrogen-bond donors (Lipinski definition) is 1. The van der Waals surface area contributed by atoms with Gasteiger partial charge in [-0.05, 0) is 79.9 Å². The molecule has 0 aliphatic carbocycles. The summed E-state index contributed by atoms with van der Waals surface area (Å²) in [6, 6.07) is 29.8. The fourth-order valence-electron chi connectivity index (χ4n) is 4.72. The highest BCUT2D eigenvalue weighted by Crippen LogP contribution is 2.29. The molecule has 0 aromatic heterocycles. The van der Waals surface area contributed by atoms with E-state index >= 15 is 0 Å². The minimum atomic E-state index is -4.19. The molecule has 0 aliphatic rings. The Morgan fingerprint density at radius 2 is 1.38 bits per heavy atom. The van der Waals surface area contributed by atoms with Crippen molar-refractivity contribution in [2.75, 3.05) is 10.8 Å². The van der Waals surface area contributed by atoms with Crippen molar-refractivity contribution in [2.24, 2.45) is 0 Å². The molecule has 0 heterocycles. The summed E-state index contributed by atoms with van der Waals surface area (Å²) in [5, 5.41) is 3.41. The number of nitrogens with zero attached hydrogens (tertiary/aromatic N) is 2. The van der Waals surface area contributed by atoms with E-state index in [4.69, 9.17) is 16.3 Å². The van der Waals surface area contributed by atoms with Gasteiger partial charge in [-0.3, -0.25) is 13.9 Å². The number of anilines is 1. The molecule has 4 aromatic rings. The molecule has 2 amide bonds. The highest BCUT2D eigenvalue weighted by Gasteiger charge is 2.34. The third kappa shape index (κ3) is 8.65. The van der Waals surface area contributed by atoms with Gasteiger partial charge in [-0.15, -0.1) is 0 Å². The zero-order valence-corrected chi connectivity index (χ0v) is 27.2. The van der Waals surface area contributed by atoms with Crippen molar-refractivity contribution in [3.05, 3.63) is 120 Å². The van der Waals surface area contributed by atoms with Crippen LogP contribution in [0.15, 0.2) is 114 Å². The fraction of sp³-hybridized carbons (Fsp3) is 0.257. The molecule has 4 aromatic carbocycles. The van der Waals surface area contributed by atoms with Crippen molar-refractivity contribution < 1.29 is 22.7 Å². The van der Waals surface area contributed by atoms with Gasteiger partial charge in [-0.2, -0.15) is 0 Å². The van der Waals surface area contributed by atoms with E-state index in [1.807, 2.05) is 51.1 Å². The average molecular weight is 648 g/mol. The van der Waals surface area contributed by atoms with Gasteiger partial charge in [0.05, 0.1) is 10.6 Å². The van der Waals surface area contributed by atoms with Crippen LogP contribution in [0, 0.1) is 0 Å². The maximum atomic E-state index is 14.3. The van der Waals surface area contributed by atoms with Gasteiger partial charge in [-0.25, -0.2) is 8.42 Å². The third-order valence-corrected chi connectivity index (χ3v) is 9.56. The van der Waals surface area contributed by atoms with Crippen LogP contribution in [0.3, 0.4) is 0 Å². The second-order valence-electron chi connectivity index (χ2n) is 10.6. The van der Waals surface area contributed by atoms with Crippen molar-refractivity contribution >= 4 is 39.1 Å². The molecule has 10 heteroatoms. The van der Waals surface area contributed by atoms with E-state index in [0.717, 1.165) is 4.31 Å². The van der Waals surface area contributed by atoms with E-state index in [2.05, 4.69) is 5.32 Å². The molecule has 4 rings (SSSR count). The van der Waals surface area contributed by atoms with E-state index in [1.54, 1.807) is 66.7 Å². The first-order valence-corrected chi connectivity index (χ1v) is 16.7. The second kappa shape index (κ2) is 15.6. The van der Waals surface area contributed by atoms with Crippen molar-refractivity contribution in [1.82, 2.24) is 10.2 Å². The van der Waals surface area contributed by atoms with Gasteiger partial charge in [0.15, 0.2) is 0 Å². The lowest BCUT2D eigenvalue weighted by Crippen LogP contribution is -2.53. The number of benzene rings is 4. The van der Waals surface area contributed by atoms with E-state index in [-0.39, 0.29) is 29.1 Å². The van der Waals surface area contributed by atoms with Gasteiger partial charge in [0.2, 0.25) is 11.8 Å². The van der Waals surface area contributed by atoms with Crippen molar-refractivity contribution in [1.29, 1.82) is 0 Å². The van der Waals surface area contributed by atoms with E-state index in [1.165, 1.54) is 17.0 Å². The summed E-state index contributed by atoms with van der Waals surface area (Å²) in [5.41, 5.74) is 0.907. The molecule has 1 N–H and O–H groups in total. The van der Waals surface area contributed by atoms with Gasteiger partial charge in [0.25, 0.3) is 10.0 Å². The highest BCUT2D eigenvalue weighted by atomic mass is 35.5. The quantitative estimate of drug-likeness (QED) is 0.158. The summed E-state index contributed by atoms with van der Waals surface area (Å²) >= 11 is 6.48. The summed E-state index contributed by atoms with van der Waals surface area (Å²) in [5.74, 6) is 0.268. The number of carbonyl (C=O) groups excluding carboxylic acids is 2. The molecule has 8 nitrogen and oxygen atoms in total. The highest BCUT2D eigenvalue weighted by molar-refractivity contribution is 7.92. The minimum absolute atomic E-state index is 0.0218. The average Bonchev–Trinajstić information content (AvgIpc) is 3.05. The topological polar surface area (TPSA) is 96.0 Å². The van der Waals surface area contributed by atoms with Gasteiger partial charge in [-0.1, -0.05) is 80.0 Å². The van der Waals surface area contributed by atoms with Crippen molar-refractivity contribution in [3.8, 4) is 11.5 Å². The number of halogens is 1. The second-order valence-corrected chi connectivity index (χ2v) is 12.9. The molecule has 2 atom stereocenters. The summed E-state index contributed by atoms with van der Waals surface area (Å²) in [6.07, 6.45) is 1.03. The largest absolute Gasteiger partial charge is 0.457 e. The normalized spacial score (nSPS) is 12.5. The molecule has 0 fully saturated rings. The van der Waals surface area contributed by atoms with Crippen molar-refractivity contribution in [3.63, 3.8) is 0 Å². The maximum Gasteiger partial charge on any atom is 0.264 e. The first-order valence-electron chi connectivity index (χ1n) is 14.9. The molecule has 0 saturated carbocycles. The lowest BCUT2D eigenvalue weighted by molar-refractivity contribution is -0.140. The monoisotopic (exact) mass is 647 g/mol. The van der Waals surface area contributed by atoms with Gasteiger partial charge >= 0.3 is 0 Å². The summed E-state index contributed by atoms with van der Waals surface area (Å²) in [7, 11) is -4.19. The summed E-state index contributed by atoms with van der Waals surface area (Å²) in [4.78, 5) is 29.1. The standard InChI is InChI=1S/C35H38ClN3O5S/c1-4-26(3)37-35(41)33(5-2)38(24-27-14-12-13-19-32(27)36)34(40)25-39(45(42,43)31-17-10-7-11-18-31)28-20-22-30(23-21-28)44-29-15-8-6-9-16-29/h6-23,26,33H,4-5,24-25H2,1-3H3,(H,37,41)/t26-,33-/m0/s1. The van der Waals surface area contributed by atoms with Gasteiger partial charge in [0, 0.05) is 17.6 Å². The predicted octanol–water partition coefficient (Wildman–Crippen LogP) is 7.05. The first-order chi connectivity index (χ1) is 21.6. The Bertz CT molecular complexity index is 1670. The molecule has 0 radical (unpaired) electrons. The maximum absolute atomic E-state index is 14.3. The van der Waals surface area contributed by atoms with Crippen molar-refractivity contribution in [2.45, 2.75) is 57.1 Å². The van der Waals surface area contributed by atoms with Gasteiger partial charge < -0.3 is 15.0 Å². The molecule has 0 bridgehead atoms. The Morgan fingerprint density at radius 1 is 0.800 bits per heavy atom. The number of nitrogens with one attached hydrogen (secondary N) is 1. The molecule has 236 valence electrons. The number of para-hydroxylation sites is 1. The van der Waals surface area contributed by atoms with E-state index in [0.29, 0.717) is 34.9 Å². The smallest absolute Gasteiger partial charge is 0.264 e. The van der Waals surface area contributed by atoms with Crippen LogP contribution < -0.4 is 14.4 Å². The van der Waals surface area contributed by atoms with E-state index in [9.17, 15) is 18.0 Å². The Kier molecular flexibility index (Phi) is 11.6. The molecule has 0 unspecified atom stereocenters. The number of carbonyl (C=O) groups is 2. The number of hydrogen-bond acceptors (Lipinski definition) is 5. The lowest BCUT2D eigenvalue weighted by atomic mass is 10.1. The molecule has 0 saturated heterocycles. The van der Waals surface area contributed by atoms with Crippen LogP contribution in [-0.4, -0.2) is 43.8 Å². The van der Waals surface area contributed by atoms with Crippen LogP contribution in [0.4, 0.5) is 5.69 Å². The minimum Gasteiger partial charge on any atom is -0.457 e. The van der Waals surface area contributed by atoms with Crippen LogP contribution in [0.2, 0.25) is 5.02 Å². The van der Waals surface area contributed by atoms with Crippen LogP contribution in [0.5, 0.6) is 11.5 Å². The SMILES string of the molecule is CC[C@H](C)NC(=O)[C@H](CC)N(Cc1ccccc1Cl)C(=O)CN(c1ccc(Oc2ccccc2)cc1)S(=O)(=O)c1ccccc1. The molecule has 0 spiro atoms. The molecular weight excluding hydrogens is 610 g/mol. The third-order valence-electron chi connectivity index (χ3n) is 7.40. The predicted molar refractivity (Wildman–Crippen MR) is 178 cm³/mol. The Hall–Kier alpha value is -4.34. The zero-order chi connectivity index (χ0) is 32.4. The first kappa shape index (κ1) is 33.6. The Morgan fingerprint density at radius 3 is 1.98 bits per heavy atom. The fourth-order valence-corrected chi connectivity index (χ4v) is 6.35. The number of sulfonamides is 1. The van der Waals surface area contributed by atoms with Crippen LogP contribution in [0.25, 0.3) is 0 Å². The molecule has 0 aliphatic heterocycles. The van der Waals surface area contributed by atoms with E-state index < -0.39 is 28.5 Å². The summed E-state index contributed by atoms with van der Waals surface area (Å²) in [6.45, 7) is 5.14. The Balaban J connectivity index is 1.72. The lowest BCUT2D eigenvalue weighted by Gasteiger charge is -2.34. The number of ether oxygens (including phenoxy) is 1. The number of amides is 2. The summed E-state index contributed by atoms with van der Waals surface area (Å²) < 4.78 is 35.1. The molecular formula is C35H38ClN3O5S. The van der Waals surface area contributed by atoms with Gasteiger partial charge in [0.1, 0.15) is 24.1 Å². The number of rotatable bonds is 14.